The molecule has 0 aromatic rings. The van der Waals surface area contributed by atoms with E-state index in [2.05, 4.69) is 56.8 Å². The first kappa shape index (κ1) is 58.9. The SMILES string of the molecule is C.CC1C=CN=C1CN(CCCC[C@H](CC(=O)CCCCCCC(=O)NCCCC[C@H](NC(=O)N[C@@H](CCC(=O)O)C(=O)O)C(=O)O)C(=O)O)CC1=NC=CC1C.O=C=O.O=C=O. The Balaban J connectivity index is 0. The molecule has 2 rings (SSSR count). The minimum Gasteiger partial charge on any atom is -0.481 e. The number of hydrogen-bond acceptors (Lipinski definition) is 14. The Morgan fingerprint density at radius 2 is 1.14 bits per heavy atom. The van der Waals surface area contributed by atoms with Crippen molar-refractivity contribution in [1.29, 1.82) is 0 Å². The average molecular weight is 893 g/mol. The van der Waals surface area contributed by atoms with Crippen LogP contribution in [0.25, 0.3) is 0 Å². The van der Waals surface area contributed by atoms with E-state index in [1.165, 1.54) is 0 Å². The van der Waals surface area contributed by atoms with Gasteiger partial charge in [0, 0.05) is 81.0 Å². The number of Topliss-reactive ketones (excluding diaryl/α,β-unsaturated/α-hetero) is 1. The van der Waals surface area contributed by atoms with E-state index in [0.717, 1.165) is 50.3 Å². The van der Waals surface area contributed by atoms with Crippen LogP contribution in [0.3, 0.4) is 0 Å². The van der Waals surface area contributed by atoms with E-state index in [1.807, 2.05) is 12.4 Å². The van der Waals surface area contributed by atoms with Crippen LogP contribution in [0.15, 0.2) is 34.5 Å². The lowest BCUT2D eigenvalue weighted by atomic mass is 9.94. The van der Waals surface area contributed by atoms with E-state index in [0.29, 0.717) is 51.5 Å². The summed E-state index contributed by atoms with van der Waals surface area (Å²) in [5, 5.41) is 44.1. The quantitative estimate of drug-likeness (QED) is 0.0490. The molecule has 21 heteroatoms. The van der Waals surface area contributed by atoms with Crippen molar-refractivity contribution in [3.8, 4) is 0 Å². The standard InChI is InChI=1S/C39H60N6O11.2CO2.CH4/c1-26-17-20-40-32(26)24-45(25-33-27(2)18-21-41-33)22-10-8-11-28(36(50)51)23-29(46)12-5-3-4-6-14-34(47)42-19-9-7-13-30(37(52)53)43-39(56)44-31(38(54)55)15-16-35(48)49;2*2-1-3;/h17-18,20-21,26-28,30-31H,3-16,19,22-25H2,1-2H3,(H,42,47)(H,48,49)(H,50,51)(H,52,53)(H,54,55)(H2,43,44,56);;;1H4/t26?,27?,28-,30+,31+;;;/m1.../s1. The number of ketones is 1. The smallest absolute Gasteiger partial charge is 0.373 e. The molecule has 2 aliphatic heterocycles. The van der Waals surface area contributed by atoms with Gasteiger partial charge in [0.1, 0.15) is 17.9 Å². The molecule has 5 atom stereocenters. The lowest BCUT2D eigenvalue weighted by molar-refractivity contribution is -0.193. The summed E-state index contributed by atoms with van der Waals surface area (Å²) < 4.78 is 0. The van der Waals surface area contributed by atoms with Gasteiger partial charge >= 0.3 is 42.2 Å². The van der Waals surface area contributed by atoms with Gasteiger partial charge in [0.05, 0.1) is 5.92 Å². The highest BCUT2D eigenvalue weighted by molar-refractivity contribution is 5.94. The van der Waals surface area contributed by atoms with Gasteiger partial charge in [-0.3, -0.25) is 34.1 Å². The van der Waals surface area contributed by atoms with Gasteiger partial charge in [0.2, 0.25) is 5.91 Å². The van der Waals surface area contributed by atoms with Gasteiger partial charge in [-0.2, -0.15) is 19.2 Å². The van der Waals surface area contributed by atoms with Crippen molar-refractivity contribution in [1.82, 2.24) is 20.9 Å². The summed E-state index contributed by atoms with van der Waals surface area (Å²) in [6, 6.07) is -3.84. The molecule has 0 aromatic heterocycles. The topological polar surface area (TPSA) is 333 Å². The largest absolute Gasteiger partial charge is 0.481 e. The van der Waals surface area contributed by atoms with Crippen LogP contribution < -0.4 is 16.0 Å². The van der Waals surface area contributed by atoms with Crippen LogP contribution in [-0.2, 0) is 47.9 Å². The van der Waals surface area contributed by atoms with Crippen LogP contribution in [0.5, 0.6) is 0 Å². The number of carbonyl (C=O) groups is 7. The number of hydrogen-bond donors (Lipinski definition) is 7. The Kier molecular flexibility index (Phi) is 33.1. The number of allylic oxidation sites excluding steroid dienone is 2. The third-order valence-electron chi connectivity index (χ3n) is 9.86. The number of carboxylic acid groups (broad SMARTS) is 4. The highest BCUT2D eigenvalue weighted by Gasteiger charge is 2.26. The number of aliphatic imine (C=N–C) groups is 2. The van der Waals surface area contributed by atoms with Crippen molar-refractivity contribution in [2.24, 2.45) is 27.7 Å². The molecular formula is C42H64N6O15. The van der Waals surface area contributed by atoms with Gasteiger partial charge in [0.25, 0.3) is 0 Å². The number of rotatable bonds is 31. The Hall–Kier alpha value is -6.17. The summed E-state index contributed by atoms with van der Waals surface area (Å²) in [7, 11) is 0. The predicted octanol–water partition coefficient (Wildman–Crippen LogP) is 3.49. The summed E-state index contributed by atoms with van der Waals surface area (Å²) in [5.41, 5.74) is 2.21. The molecule has 0 bridgehead atoms. The number of aliphatic carboxylic acids is 4. The molecule has 0 aliphatic carbocycles. The molecule has 0 radical (unpaired) electrons. The fourth-order valence-electron chi connectivity index (χ4n) is 6.34. The summed E-state index contributed by atoms with van der Waals surface area (Å²) in [4.78, 5) is 126. The number of amides is 3. The van der Waals surface area contributed by atoms with Crippen molar-refractivity contribution in [3.63, 3.8) is 0 Å². The second kappa shape index (κ2) is 35.4. The summed E-state index contributed by atoms with van der Waals surface area (Å²) in [6.07, 6.45) is 13.5. The van der Waals surface area contributed by atoms with Crippen LogP contribution >= 0.6 is 0 Å². The van der Waals surface area contributed by atoms with E-state index < -0.39 is 54.3 Å². The molecule has 2 aliphatic rings. The fourth-order valence-corrected chi connectivity index (χ4v) is 6.34. The molecule has 0 saturated heterocycles. The number of carbonyl (C=O) groups excluding carboxylic acids is 7. The number of nitrogens with zero attached hydrogens (tertiary/aromatic N) is 3. The van der Waals surface area contributed by atoms with Gasteiger partial charge in [-0.05, 0) is 57.9 Å². The molecule has 0 saturated carbocycles. The zero-order valence-corrected chi connectivity index (χ0v) is 35.3. The summed E-state index contributed by atoms with van der Waals surface area (Å²) in [5.74, 6) is -5.33. The highest BCUT2D eigenvalue weighted by Crippen LogP contribution is 2.19. The number of carboxylic acids is 4. The van der Waals surface area contributed by atoms with E-state index >= 15 is 0 Å². The van der Waals surface area contributed by atoms with Gasteiger partial charge in [-0.15, -0.1) is 0 Å². The maximum Gasteiger partial charge on any atom is 0.373 e. The first-order valence-corrected chi connectivity index (χ1v) is 20.4. The second-order valence-corrected chi connectivity index (χ2v) is 14.7. The Bertz CT molecular complexity index is 1620. The van der Waals surface area contributed by atoms with Gasteiger partial charge in [-0.1, -0.05) is 52.7 Å². The number of unbranched alkanes of at least 4 members (excludes halogenated alkanes) is 5. The predicted molar refractivity (Wildman–Crippen MR) is 225 cm³/mol. The summed E-state index contributed by atoms with van der Waals surface area (Å²) in [6.45, 7) is 6.78. The van der Waals surface area contributed by atoms with Crippen LogP contribution in [-0.4, -0.2) is 129 Å². The van der Waals surface area contributed by atoms with Gasteiger partial charge < -0.3 is 36.4 Å². The van der Waals surface area contributed by atoms with E-state index in [1.54, 1.807) is 0 Å². The van der Waals surface area contributed by atoms with Crippen molar-refractivity contribution in [2.75, 3.05) is 26.2 Å². The molecule has 21 nitrogen and oxygen atoms in total. The molecule has 2 heterocycles. The molecule has 0 fully saturated rings. The van der Waals surface area contributed by atoms with Crippen LogP contribution in [0, 0.1) is 17.8 Å². The van der Waals surface area contributed by atoms with Crippen LogP contribution in [0.2, 0.25) is 0 Å². The Morgan fingerprint density at radius 3 is 1.60 bits per heavy atom. The van der Waals surface area contributed by atoms with E-state index in [9.17, 15) is 43.8 Å². The van der Waals surface area contributed by atoms with E-state index in [-0.39, 0.29) is 68.9 Å². The van der Waals surface area contributed by atoms with E-state index in [4.69, 9.17) is 29.4 Å². The van der Waals surface area contributed by atoms with Crippen molar-refractivity contribution in [2.45, 2.75) is 130 Å². The maximum atomic E-state index is 12.6. The Morgan fingerprint density at radius 1 is 0.651 bits per heavy atom. The number of urea groups is 1. The molecule has 3 amide bonds. The van der Waals surface area contributed by atoms with Crippen LogP contribution in [0.1, 0.15) is 118 Å². The average Bonchev–Trinajstić information content (AvgIpc) is 3.81. The zero-order chi connectivity index (χ0) is 46.9. The van der Waals surface area contributed by atoms with Crippen molar-refractivity contribution >= 4 is 65.3 Å². The first-order chi connectivity index (χ1) is 29.5. The summed E-state index contributed by atoms with van der Waals surface area (Å²) >= 11 is 0. The molecule has 352 valence electrons. The zero-order valence-electron chi connectivity index (χ0n) is 35.3. The van der Waals surface area contributed by atoms with Gasteiger partial charge in [0.15, 0.2) is 0 Å². The maximum absolute atomic E-state index is 12.6. The number of nitrogens with one attached hydrogen (secondary N) is 3. The molecular weight excluding hydrogens is 828 g/mol. The monoisotopic (exact) mass is 892 g/mol. The van der Waals surface area contributed by atoms with Gasteiger partial charge in [-0.25, -0.2) is 14.4 Å². The first-order valence-electron chi connectivity index (χ1n) is 20.4. The molecule has 0 aromatic carbocycles. The molecule has 0 spiro atoms. The normalized spacial score (nSPS) is 15.8. The lowest BCUT2D eigenvalue weighted by Gasteiger charge is -2.25. The fraction of sp³-hybridized carbons (Fsp3) is 0.643. The third-order valence-corrected chi connectivity index (χ3v) is 9.86. The van der Waals surface area contributed by atoms with Crippen LogP contribution in [0.4, 0.5) is 4.79 Å². The third kappa shape index (κ3) is 28.9. The van der Waals surface area contributed by atoms with Crippen molar-refractivity contribution < 1.29 is 73.2 Å². The second-order valence-electron chi connectivity index (χ2n) is 14.7. The molecule has 2 unspecified atom stereocenters. The minimum absolute atomic E-state index is 0. The lowest BCUT2D eigenvalue weighted by Crippen LogP contribution is -2.51. The molecule has 7 N–H and O–H groups in total. The highest BCUT2D eigenvalue weighted by atomic mass is 16.4. The Labute approximate surface area is 366 Å². The minimum atomic E-state index is -1.49. The van der Waals surface area contributed by atoms with Crippen molar-refractivity contribution in [3.05, 3.63) is 24.6 Å². The molecule has 63 heavy (non-hydrogen) atoms.